The highest BCUT2D eigenvalue weighted by molar-refractivity contribution is 5.77. The van der Waals surface area contributed by atoms with Gasteiger partial charge in [0.1, 0.15) is 0 Å². The van der Waals surface area contributed by atoms with Gasteiger partial charge in [0.2, 0.25) is 0 Å². The van der Waals surface area contributed by atoms with Crippen molar-refractivity contribution < 1.29 is 9.90 Å². The van der Waals surface area contributed by atoms with Crippen LogP contribution < -0.4 is 0 Å². The number of hydrogen-bond donors (Lipinski definition) is 2. The van der Waals surface area contributed by atoms with E-state index in [1.54, 1.807) is 20.2 Å². The molecule has 2 aromatic rings. The summed E-state index contributed by atoms with van der Waals surface area (Å²) >= 11 is 0. The summed E-state index contributed by atoms with van der Waals surface area (Å²) in [6, 6.07) is 6.00. The molecular weight excluding hydrogens is 240 g/mol. The van der Waals surface area contributed by atoms with Gasteiger partial charge in [-0.05, 0) is 44.4 Å². The van der Waals surface area contributed by atoms with Crippen molar-refractivity contribution >= 4 is 23.1 Å². The Bertz CT molecular complexity index is 611. The van der Waals surface area contributed by atoms with Crippen molar-refractivity contribution in [3.8, 4) is 0 Å². The number of carboxylic acids is 1. The lowest BCUT2D eigenvalue weighted by Gasteiger charge is -2.17. The summed E-state index contributed by atoms with van der Waals surface area (Å²) < 4.78 is 0. The van der Waals surface area contributed by atoms with E-state index in [1.165, 1.54) is 0 Å². The summed E-state index contributed by atoms with van der Waals surface area (Å²) in [4.78, 5) is 18.2. The Hall–Kier alpha value is -2.10. The number of carbonyl (C=O) groups is 1. The van der Waals surface area contributed by atoms with E-state index >= 15 is 0 Å². The van der Waals surface area contributed by atoms with Crippen molar-refractivity contribution in [1.29, 1.82) is 0 Å². The fraction of sp³-hybridized carbons (Fsp3) is 0.333. The summed E-state index contributed by atoms with van der Waals surface area (Å²) in [5.41, 5.74) is 2.37. The maximum atomic E-state index is 11.0. The molecule has 0 aliphatic carbocycles. The zero-order chi connectivity index (χ0) is 13.9. The van der Waals surface area contributed by atoms with Crippen LogP contribution in [0.5, 0.6) is 0 Å². The molecule has 0 aliphatic heterocycles. The van der Waals surface area contributed by atoms with Crippen molar-refractivity contribution in [3.05, 3.63) is 36.2 Å². The Labute approximate surface area is 112 Å². The standard InChI is InChI=1S/C15H18N2O2/c1-15(2,14(18)19)8-4-3-5-11-6-7-12-13(9-11)17-10-16-12/h3,5-7,9-10H,4,8H2,1-2H3,(H,16,17)(H,18,19)/b5-3+. The van der Waals surface area contributed by atoms with Crippen LogP contribution in [0.4, 0.5) is 0 Å². The molecule has 2 rings (SSSR count). The van der Waals surface area contributed by atoms with Crippen molar-refractivity contribution in [2.24, 2.45) is 5.41 Å². The quantitative estimate of drug-likeness (QED) is 0.863. The summed E-state index contributed by atoms with van der Waals surface area (Å²) in [6.45, 7) is 3.50. The fourth-order valence-corrected chi connectivity index (χ4v) is 1.83. The largest absolute Gasteiger partial charge is 0.481 e. The normalized spacial score (nSPS) is 12.3. The zero-order valence-corrected chi connectivity index (χ0v) is 11.2. The summed E-state index contributed by atoms with van der Waals surface area (Å²) in [7, 11) is 0. The van der Waals surface area contributed by atoms with Crippen LogP contribution in [0, 0.1) is 5.41 Å². The highest BCUT2D eigenvalue weighted by Crippen LogP contribution is 2.23. The molecule has 0 atom stereocenters. The SMILES string of the molecule is CC(C)(CC/C=C/c1ccc2nc[nH]c2c1)C(=O)O. The highest BCUT2D eigenvalue weighted by Gasteiger charge is 2.25. The van der Waals surface area contributed by atoms with E-state index in [-0.39, 0.29) is 0 Å². The van der Waals surface area contributed by atoms with Gasteiger partial charge in [-0.25, -0.2) is 4.98 Å². The minimum Gasteiger partial charge on any atom is -0.481 e. The Morgan fingerprint density at radius 3 is 3.00 bits per heavy atom. The number of rotatable bonds is 5. The molecule has 100 valence electrons. The van der Waals surface area contributed by atoms with Crippen LogP contribution in [0.2, 0.25) is 0 Å². The molecule has 0 fully saturated rings. The average molecular weight is 258 g/mol. The van der Waals surface area contributed by atoms with Gasteiger partial charge in [0.15, 0.2) is 0 Å². The van der Waals surface area contributed by atoms with Gasteiger partial charge in [0.05, 0.1) is 22.8 Å². The number of hydrogen-bond acceptors (Lipinski definition) is 2. The van der Waals surface area contributed by atoms with Gasteiger partial charge in [-0.15, -0.1) is 0 Å². The summed E-state index contributed by atoms with van der Waals surface area (Å²) in [5.74, 6) is -0.750. The molecule has 4 nitrogen and oxygen atoms in total. The van der Waals surface area contributed by atoms with Crippen LogP contribution in [-0.4, -0.2) is 21.0 Å². The Morgan fingerprint density at radius 2 is 2.26 bits per heavy atom. The van der Waals surface area contributed by atoms with Crippen LogP contribution in [0.3, 0.4) is 0 Å². The zero-order valence-electron chi connectivity index (χ0n) is 11.2. The predicted molar refractivity (Wildman–Crippen MR) is 75.8 cm³/mol. The van der Waals surface area contributed by atoms with E-state index in [0.717, 1.165) is 23.0 Å². The van der Waals surface area contributed by atoms with E-state index in [9.17, 15) is 4.79 Å². The highest BCUT2D eigenvalue weighted by atomic mass is 16.4. The third-order valence-corrected chi connectivity index (χ3v) is 3.27. The third-order valence-electron chi connectivity index (χ3n) is 3.27. The lowest BCUT2D eigenvalue weighted by molar-refractivity contribution is -0.147. The van der Waals surface area contributed by atoms with E-state index in [0.29, 0.717) is 6.42 Å². The molecule has 0 saturated heterocycles. The minimum absolute atomic E-state index is 0.630. The van der Waals surface area contributed by atoms with Crippen molar-refractivity contribution in [3.63, 3.8) is 0 Å². The predicted octanol–water partition coefficient (Wildman–Crippen LogP) is 3.47. The molecule has 0 amide bonds. The molecule has 1 aromatic heterocycles. The molecule has 0 aliphatic rings. The number of imidazole rings is 1. The molecule has 19 heavy (non-hydrogen) atoms. The maximum Gasteiger partial charge on any atom is 0.309 e. The number of aliphatic carboxylic acids is 1. The third kappa shape index (κ3) is 3.22. The number of allylic oxidation sites excluding steroid dienone is 1. The molecule has 2 N–H and O–H groups in total. The maximum absolute atomic E-state index is 11.0. The summed E-state index contributed by atoms with van der Waals surface area (Å²) in [6.07, 6.45) is 7.08. The van der Waals surface area contributed by atoms with E-state index in [4.69, 9.17) is 5.11 Å². The molecule has 0 unspecified atom stereocenters. The van der Waals surface area contributed by atoms with Crippen molar-refractivity contribution in [1.82, 2.24) is 9.97 Å². The van der Waals surface area contributed by atoms with Gasteiger partial charge >= 0.3 is 5.97 Å². The lowest BCUT2D eigenvalue weighted by Crippen LogP contribution is -2.22. The first-order valence-corrected chi connectivity index (χ1v) is 6.32. The monoisotopic (exact) mass is 258 g/mol. The molecule has 4 heteroatoms. The molecule has 0 radical (unpaired) electrons. The van der Waals surface area contributed by atoms with Gasteiger partial charge in [-0.3, -0.25) is 4.79 Å². The Morgan fingerprint density at radius 1 is 1.47 bits per heavy atom. The van der Waals surface area contributed by atoms with Gasteiger partial charge in [0, 0.05) is 0 Å². The summed E-state index contributed by atoms with van der Waals surface area (Å²) in [5, 5.41) is 9.02. The van der Waals surface area contributed by atoms with Gasteiger partial charge in [0.25, 0.3) is 0 Å². The topological polar surface area (TPSA) is 66.0 Å². The van der Waals surface area contributed by atoms with Gasteiger partial charge in [-0.1, -0.05) is 18.2 Å². The number of fused-ring (bicyclic) bond motifs is 1. The second kappa shape index (κ2) is 5.26. The molecule has 1 heterocycles. The number of aromatic amines is 1. The molecular formula is C15H18N2O2. The minimum atomic E-state index is -0.750. The molecule has 1 aromatic carbocycles. The number of aromatic nitrogens is 2. The first-order valence-electron chi connectivity index (χ1n) is 6.32. The second-order valence-electron chi connectivity index (χ2n) is 5.31. The van der Waals surface area contributed by atoms with Crippen molar-refractivity contribution in [2.75, 3.05) is 0 Å². The number of carboxylic acid groups (broad SMARTS) is 1. The lowest BCUT2D eigenvalue weighted by atomic mass is 9.88. The van der Waals surface area contributed by atoms with Crippen LogP contribution in [0.1, 0.15) is 32.3 Å². The molecule has 0 bridgehead atoms. The average Bonchev–Trinajstić information content (AvgIpc) is 2.81. The smallest absolute Gasteiger partial charge is 0.309 e. The first kappa shape index (κ1) is 13.3. The van der Waals surface area contributed by atoms with Crippen LogP contribution in [-0.2, 0) is 4.79 Å². The van der Waals surface area contributed by atoms with E-state index in [2.05, 4.69) is 9.97 Å². The Kier molecular flexibility index (Phi) is 3.69. The number of benzene rings is 1. The van der Waals surface area contributed by atoms with Gasteiger partial charge < -0.3 is 10.1 Å². The second-order valence-corrected chi connectivity index (χ2v) is 5.31. The molecule has 0 saturated carbocycles. The Balaban J connectivity index is 1.97. The van der Waals surface area contributed by atoms with Gasteiger partial charge in [-0.2, -0.15) is 0 Å². The number of nitrogens with zero attached hydrogens (tertiary/aromatic N) is 1. The van der Waals surface area contributed by atoms with E-state index < -0.39 is 11.4 Å². The van der Waals surface area contributed by atoms with Crippen LogP contribution in [0.25, 0.3) is 17.1 Å². The number of nitrogens with one attached hydrogen (secondary N) is 1. The molecule has 0 spiro atoms. The fourth-order valence-electron chi connectivity index (χ4n) is 1.83. The van der Waals surface area contributed by atoms with E-state index in [1.807, 2.05) is 30.4 Å². The van der Waals surface area contributed by atoms with Crippen molar-refractivity contribution in [2.45, 2.75) is 26.7 Å². The van der Waals surface area contributed by atoms with Crippen LogP contribution in [0.15, 0.2) is 30.6 Å². The van der Waals surface area contributed by atoms with Crippen LogP contribution >= 0.6 is 0 Å². The number of H-pyrrole nitrogens is 1. The first-order chi connectivity index (χ1) is 8.99.